The summed E-state index contributed by atoms with van der Waals surface area (Å²) in [6, 6.07) is 9.23. The zero-order valence-corrected chi connectivity index (χ0v) is 18.9. The van der Waals surface area contributed by atoms with Gasteiger partial charge in [0.25, 0.3) is 0 Å². The van der Waals surface area contributed by atoms with Crippen LogP contribution in [0.15, 0.2) is 24.3 Å². The van der Waals surface area contributed by atoms with Crippen molar-refractivity contribution in [2.75, 3.05) is 6.54 Å². The van der Waals surface area contributed by atoms with Crippen LogP contribution < -0.4 is 0 Å². The van der Waals surface area contributed by atoms with Crippen molar-refractivity contribution in [3.05, 3.63) is 35.4 Å². The van der Waals surface area contributed by atoms with Gasteiger partial charge in [0.1, 0.15) is 0 Å². The number of hydrogen-bond acceptors (Lipinski definition) is 2. The van der Waals surface area contributed by atoms with Crippen molar-refractivity contribution in [3.63, 3.8) is 0 Å². The average Bonchev–Trinajstić information content (AvgIpc) is 2.66. The topological polar surface area (TPSA) is 40.5 Å². The summed E-state index contributed by atoms with van der Waals surface area (Å²) in [6.07, 6.45) is 8.15. The first-order chi connectivity index (χ1) is 14.2. The van der Waals surface area contributed by atoms with Gasteiger partial charge < -0.3 is 10.0 Å². The molecule has 0 radical (unpaired) electrons. The Morgan fingerprint density at radius 1 is 1.10 bits per heavy atom. The number of nitrogens with zero attached hydrogens (tertiary/aromatic N) is 1. The van der Waals surface area contributed by atoms with Crippen molar-refractivity contribution in [2.24, 2.45) is 29.1 Å². The number of likely N-dealkylation sites (tertiary alicyclic amines) is 1. The number of carbonyl (C=O) groups is 1. The Kier molecular flexibility index (Phi) is 3.95. The Morgan fingerprint density at radius 2 is 1.80 bits per heavy atom. The number of amides is 1. The second-order valence-corrected chi connectivity index (χ2v) is 12.3. The molecular weight excluding hydrogens is 370 g/mol. The van der Waals surface area contributed by atoms with E-state index in [1.165, 1.54) is 24.0 Å². The molecule has 30 heavy (non-hydrogen) atoms. The number of fused-ring (bicyclic) bond motifs is 4. The number of benzene rings is 1. The summed E-state index contributed by atoms with van der Waals surface area (Å²) in [5.41, 5.74) is 2.76. The van der Waals surface area contributed by atoms with Gasteiger partial charge >= 0.3 is 0 Å². The lowest BCUT2D eigenvalue weighted by Crippen LogP contribution is -2.65. The monoisotopic (exact) mass is 407 g/mol. The molecule has 5 fully saturated rings. The van der Waals surface area contributed by atoms with Gasteiger partial charge in [-0.1, -0.05) is 45.0 Å². The zero-order chi connectivity index (χ0) is 20.9. The van der Waals surface area contributed by atoms with Crippen molar-refractivity contribution >= 4 is 5.91 Å². The Hall–Kier alpha value is -1.35. The van der Waals surface area contributed by atoms with E-state index in [0.29, 0.717) is 42.0 Å². The van der Waals surface area contributed by atoms with Crippen LogP contribution in [0.2, 0.25) is 0 Å². The quantitative estimate of drug-likeness (QED) is 0.772. The molecule has 0 spiro atoms. The van der Waals surface area contributed by atoms with E-state index in [1.54, 1.807) is 0 Å². The molecule has 3 nitrogen and oxygen atoms in total. The lowest BCUT2D eigenvalue weighted by Gasteiger charge is -2.61. The lowest BCUT2D eigenvalue weighted by molar-refractivity contribution is -0.165. The average molecular weight is 408 g/mol. The molecule has 1 heterocycles. The van der Waals surface area contributed by atoms with E-state index in [9.17, 15) is 9.90 Å². The van der Waals surface area contributed by atoms with E-state index >= 15 is 0 Å². The molecule has 1 aliphatic heterocycles. The van der Waals surface area contributed by atoms with Gasteiger partial charge in [-0.2, -0.15) is 0 Å². The molecule has 1 N–H and O–H groups in total. The highest BCUT2D eigenvalue weighted by atomic mass is 16.3. The summed E-state index contributed by atoms with van der Waals surface area (Å²) in [7, 11) is 0. The summed E-state index contributed by atoms with van der Waals surface area (Å²) in [6.45, 7) is 8.11. The third kappa shape index (κ3) is 2.51. The maximum atomic E-state index is 13.7. The Balaban J connectivity index is 1.26. The largest absolute Gasteiger partial charge is 0.390 e. The number of carbonyl (C=O) groups excluding carboxylic acids is 1. The third-order valence-corrected chi connectivity index (χ3v) is 10.7. The number of aliphatic hydroxyl groups is 1. The van der Waals surface area contributed by atoms with Crippen molar-refractivity contribution in [2.45, 2.75) is 89.2 Å². The van der Waals surface area contributed by atoms with E-state index in [0.717, 1.165) is 38.6 Å². The van der Waals surface area contributed by atoms with E-state index in [-0.39, 0.29) is 10.8 Å². The van der Waals surface area contributed by atoms with E-state index in [4.69, 9.17) is 0 Å². The van der Waals surface area contributed by atoms with Gasteiger partial charge in [-0.25, -0.2) is 0 Å². The van der Waals surface area contributed by atoms with Gasteiger partial charge in [-0.15, -0.1) is 0 Å². The van der Waals surface area contributed by atoms with Gasteiger partial charge in [0.15, 0.2) is 0 Å². The van der Waals surface area contributed by atoms with Crippen LogP contribution in [0.1, 0.15) is 76.8 Å². The lowest BCUT2D eigenvalue weighted by atomic mass is 9.49. The van der Waals surface area contributed by atoms with E-state index in [2.05, 4.69) is 49.9 Å². The normalized spacial score (nSPS) is 45.3. The van der Waals surface area contributed by atoms with Crippen LogP contribution in [0.4, 0.5) is 0 Å². The Labute approximate surface area is 181 Å². The van der Waals surface area contributed by atoms with Crippen LogP contribution in [0.3, 0.4) is 0 Å². The first-order valence-corrected chi connectivity index (χ1v) is 12.3. The van der Waals surface area contributed by atoms with Crippen LogP contribution in [0, 0.1) is 29.1 Å². The molecule has 1 amide bonds. The molecule has 2 unspecified atom stereocenters. The van der Waals surface area contributed by atoms with Crippen LogP contribution in [-0.2, 0) is 16.6 Å². The first-order valence-electron chi connectivity index (χ1n) is 12.3. The Morgan fingerprint density at radius 3 is 2.50 bits per heavy atom. The van der Waals surface area contributed by atoms with E-state index in [1.807, 2.05) is 0 Å². The molecule has 0 aromatic heterocycles. The predicted octanol–water partition coefficient (Wildman–Crippen LogP) is 4.70. The fraction of sp³-hybridized carbons (Fsp3) is 0.741. The van der Waals surface area contributed by atoms with Gasteiger partial charge in [-0.05, 0) is 85.2 Å². The summed E-state index contributed by atoms with van der Waals surface area (Å²) in [5, 5.41) is 10.9. The standard InChI is InChI=1S/C27H37NO2/c1-25(2)23-12-18-6-4-5-7-22(18)26(25,3)8-9-28(23)24(29)13-21-19-10-17-11-20(21)16-27(30,14-17)15-19/h4-7,17,19-21,23,30H,8-16H2,1-3H3/t17?,19?,20?,21?,23-,26+,27?/m1/s1. The smallest absolute Gasteiger partial charge is 0.223 e. The second kappa shape index (κ2) is 6.12. The van der Waals surface area contributed by atoms with Gasteiger partial charge in [0.2, 0.25) is 5.91 Å². The van der Waals surface area contributed by atoms with Crippen molar-refractivity contribution in [1.29, 1.82) is 0 Å². The first kappa shape index (κ1) is 19.3. The molecule has 3 heteroatoms. The minimum Gasteiger partial charge on any atom is -0.390 e. The molecule has 162 valence electrons. The van der Waals surface area contributed by atoms with E-state index < -0.39 is 5.60 Å². The molecule has 5 aliphatic carbocycles. The molecule has 4 saturated carbocycles. The highest BCUT2D eigenvalue weighted by Crippen LogP contribution is 2.60. The fourth-order valence-corrected chi connectivity index (χ4v) is 8.91. The van der Waals surface area contributed by atoms with Crippen LogP contribution in [0.25, 0.3) is 0 Å². The summed E-state index contributed by atoms with van der Waals surface area (Å²) in [4.78, 5) is 16.0. The van der Waals surface area contributed by atoms with Crippen LogP contribution in [0.5, 0.6) is 0 Å². The summed E-state index contributed by atoms with van der Waals surface area (Å²) in [5.74, 6) is 2.74. The van der Waals surface area contributed by atoms with Crippen molar-refractivity contribution < 1.29 is 9.90 Å². The number of hydrogen-bond donors (Lipinski definition) is 1. The molecule has 1 aromatic carbocycles. The molecule has 7 rings (SSSR count). The Bertz CT molecular complexity index is 875. The van der Waals surface area contributed by atoms with Crippen LogP contribution in [-0.4, -0.2) is 34.1 Å². The fourth-order valence-electron chi connectivity index (χ4n) is 8.91. The summed E-state index contributed by atoms with van der Waals surface area (Å²) < 4.78 is 0. The molecule has 4 atom stereocenters. The molecule has 1 aromatic rings. The van der Waals surface area contributed by atoms with Gasteiger partial charge in [-0.3, -0.25) is 4.79 Å². The maximum absolute atomic E-state index is 13.7. The zero-order valence-electron chi connectivity index (χ0n) is 18.9. The van der Waals surface area contributed by atoms with Crippen molar-refractivity contribution in [3.8, 4) is 0 Å². The van der Waals surface area contributed by atoms with Crippen LogP contribution >= 0.6 is 0 Å². The van der Waals surface area contributed by atoms with Crippen molar-refractivity contribution in [1.82, 2.24) is 4.90 Å². The summed E-state index contributed by atoms with van der Waals surface area (Å²) >= 11 is 0. The predicted molar refractivity (Wildman–Crippen MR) is 118 cm³/mol. The molecule has 1 saturated heterocycles. The molecule has 6 aliphatic rings. The minimum absolute atomic E-state index is 0.0779. The number of rotatable bonds is 2. The number of piperidine rings is 1. The highest BCUT2D eigenvalue weighted by Gasteiger charge is 2.58. The minimum atomic E-state index is -0.405. The van der Waals surface area contributed by atoms with Gasteiger partial charge in [0.05, 0.1) is 5.60 Å². The second-order valence-electron chi connectivity index (χ2n) is 12.3. The molecule has 6 bridgehead atoms. The third-order valence-electron chi connectivity index (χ3n) is 10.7. The molecular formula is C27H37NO2. The maximum Gasteiger partial charge on any atom is 0.223 e. The van der Waals surface area contributed by atoms with Gasteiger partial charge in [0, 0.05) is 24.4 Å². The SMILES string of the molecule is CC1(C)[C@H]2Cc3ccccc3[C@]1(C)CCN2C(=O)CC1C2CC3CC1CC(O)(C3)C2. The highest BCUT2D eigenvalue weighted by molar-refractivity contribution is 5.77.